The van der Waals surface area contributed by atoms with Crippen LogP contribution in [-0.4, -0.2) is 46.1 Å². The second kappa shape index (κ2) is 26.4. The first-order valence-corrected chi connectivity index (χ1v) is 14.4. The van der Waals surface area contributed by atoms with Crippen LogP contribution in [0, 0.1) is 0 Å². The summed E-state index contributed by atoms with van der Waals surface area (Å²) in [6, 6.07) is -0.768. The van der Waals surface area contributed by atoms with Gasteiger partial charge in [-0.2, -0.15) is 0 Å². The molecule has 0 saturated heterocycles. The maximum absolute atomic E-state index is 12.2. The molecule has 3 atom stereocenters. The molecule has 0 aliphatic heterocycles. The Bertz CT molecular complexity index is 612. The second-order valence-electron chi connectivity index (χ2n) is 9.62. The fraction of sp³-hybridized carbons (Fsp3) is 0.710. The Hall–Kier alpha value is -1.69. The summed E-state index contributed by atoms with van der Waals surface area (Å²) in [6.07, 6.45) is 30.9. The van der Waals surface area contributed by atoms with Crippen LogP contribution in [-0.2, 0) is 4.79 Å². The SMILES string of the molecule is CCCC/C=C\CCCCCC(O)CC(=O)NC(CO)C(O)/C=C/CC/C=C/CC/C=C/CCCC. The first-order chi connectivity index (χ1) is 17.5. The molecule has 0 aliphatic carbocycles. The Morgan fingerprint density at radius 2 is 1.19 bits per heavy atom. The van der Waals surface area contributed by atoms with Crippen LogP contribution in [0.3, 0.4) is 0 Å². The van der Waals surface area contributed by atoms with E-state index in [1.54, 1.807) is 6.08 Å². The van der Waals surface area contributed by atoms with Crippen molar-refractivity contribution in [3.63, 3.8) is 0 Å². The molecule has 0 radical (unpaired) electrons. The predicted molar refractivity (Wildman–Crippen MR) is 153 cm³/mol. The normalized spacial score (nSPS) is 14.9. The molecule has 208 valence electrons. The van der Waals surface area contributed by atoms with E-state index in [0.29, 0.717) is 6.42 Å². The summed E-state index contributed by atoms with van der Waals surface area (Å²) < 4.78 is 0. The lowest BCUT2D eigenvalue weighted by Crippen LogP contribution is -2.45. The molecule has 5 heteroatoms. The highest BCUT2D eigenvalue weighted by molar-refractivity contribution is 5.76. The minimum atomic E-state index is -0.960. The van der Waals surface area contributed by atoms with Crippen molar-refractivity contribution in [2.75, 3.05) is 6.61 Å². The first-order valence-electron chi connectivity index (χ1n) is 14.4. The quantitative estimate of drug-likeness (QED) is 0.0869. The summed E-state index contributed by atoms with van der Waals surface area (Å²) in [4.78, 5) is 12.2. The van der Waals surface area contributed by atoms with Gasteiger partial charge in [0.2, 0.25) is 5.91 Å². The van der Waals surface area contributed by atoms with Crippen LogP contribution < -0.4 is 5.32 Å². The zero-order valence-corrected chi connectivity index (χ0v) is 23.1. The van der Waals surface area contributed by atoms with Crippen LogP contribution in [0.25, 0.3) is 0 Å². The summed E-state index contributed by atoms with van der Waals surface area (Å²) >= 11 is 0. The summed E-state index contributed by atoms with van der Waals surface area (Å²) in [5.74, 6) is -0.348. The second-order valence-corrected chi connectivity index (χ2v) is 9.62. The van der Waals surface area contributed by atoms with E-state index < -0.39 is 18.2 Å². The molecule has 0 fully saturated rings. The third kappa shape index (κ3) is 22.8. The third-order valence-corrected chi connectivity index (χ3v) is 6.07. The summed E-state index contributed by atoms with van der Waals surface area (Å²) in [7, 11) is 0. The summed E-state index contributed by atoms with van der Waals surface area (Å²) in [5.41, 5.74) is 0. The molecular weight excluding hydrogens is 450 g/mol. The molecule has 0 bridgehead atoms. The lowest BCUT2D eigenvalue weighted by molar-refractivity contribution is -0.124. The van der Waals surface area contributed by atoms with Gasteiger partial charge in [-0.1, -0.05) is 101 Å². The molecule has 4 N–H and O–H groups in total. The average molecular weight is 506 g/mol. The molecule has 1 amide bonds. The van der Waals surface area contributed by atoms with Crippen molar-refractivity contribution in [3.8, 4) is 0 Å². The van der Waals surface area contributed by atoms with E-state index in [1.165, 1.54) is 32.1 Å². The smallest absolute Gasteiger partial charge is 0.222 e. The molecule has 0 rings (SSSR count). The van der Waals surface area contributed by atoms with Crippen LogP contribution in [0.2, 0.25) is 0 Å². The lowest BCUT2D eigenvalue weighted by Gasteiger charge is -2.20. The van der Waals surface area contributed by atoms with Crippen LogP contribution >= 0.6 is 0 Å². The van der Waals surface area contributed by atoms with Gasteiger partial charge in [0.05, 0.1) is 31.3 Å². The van der Waals surface area contributed by atoms with Gasteiger partial charge in [-0.15, -0.1) is 0 Å². The van der Waals surface area contributed by atoms with Crippen molar-refractivity contribution in [3.05, 3.63) is 48.6 Å². The largest absolute Gasteiger partial charge is 0.394 e. The number of unbranched alkanes of at least 4 members (excludes halogenated alkanes) is 9. The van der Waals surface area contributed by atoms with Crippen molar-refractivity contribution in [2.24, 2.45) is 0 Å². The Morgan fingerprint density at radius 3 is 1.72 bits per heavy atom. The molecule has 0 heterocycles. The van der Waals surface area contributed by atoms with Crippen LogP contribution in [0.15, 0.2) is 48.6 Å². The van der Waals surface area contributed by atoms with Gasteiger partial charge in [0.1, 0.15) is 0 Å². The van der Waals surface area contributed by atoms with E-state index in [-0.39, 0.29) is 18.9 Å². The van der Waals surface area contributed by atoms with Crippen LogP contribution in [0.5, 0.6) is 0 Å². The molecule has 0 spiro atoms. The number of carbonyl (C=O) groups is 1. The van der Waals surface area contributed by atoms with Crippen LogP contribution in [0.1, 0.15) is 117 Å². The van der Waals surface area contributed by atoms with Crippen molar-refractivity contribution >= 4 is 5.91 Å². The minimum absolute atomic E-state index is 0.0115. The zero-order valence-electron chi connectivity index (χ0n) is 23.1. The molecule has 0 aromatic heterocycles. The highest BCUT2D eigenvalue weighted by Crippen LogP contribution is 2.10. The number of rotatable bonds is 24. The van der Waals surface area contributed by atoms with E-state index in [2.05, 4.69) is 55.6 Å². The number of aliphatic hydroxyl groups is 3. The number of hydrogen-bond acceptors (Lipinski definition) is 4. The van der Waals surface area contributed by atoms with E-state index in [4.69, 9.17) is 0 Å². The molecular formula is C31H55NO4. The van der Waals surface area contributed by atoms with Crippen molar-refractivity contribution in [2.45, 2.75) is 135 Å². The fourth-order valence-electron chi connectivity index (χ4n) is 3.75. The Kier molecular flexibility index (Phi) is 25.1. The number of hydrogen-bond donors (Lipinski definition) is 4. The standard InChI is InChI=1S/C31H55NO4/c1-3-5-7-9-11-13-14-15-17-19-21-23-25-30(35)29(27-33)32-31(36)26-28(34)24-22-20-18-16-12-10-8-6-4-2/h9-12,15,17,23,25,28-30,33-35H,3-8,13-14,16,18-22,24,26-27H2,1-2H3,(H,32,36)/b11-9+,12-10-,17-15+,25-23+. The van der Waals surface area contributed by atoms with Crippen molar-refractivity contribution in [1.29, 1.82) is 0 Å². The van der Waals surface area contributed by atoms with Gasteiger partial charge < -0.3 is 20.6 Å². The summed E-state index contributed by atoms with van der Waals surface area (Å²) in [6.45, 7) is 4.04. The molecule has 0 aromatic carbocycles. The van der Waals surface area contributed by atoms with Gasteiger partial charge in [0.15, 0.2) is 0 Å². The average Bonchev–Trinajstić information content (AvgIpc) is 2.86. The highest BCUT2D eigenvalue weighted by atomic mass is 16.3. The Labute approximate surface area is 221 Å². The van der Waals surface area contributed by atoms with Gasteiger partial charge in [-0.25, -0.2) is 0 Å². The van der Waals surface area contributed by atoms with E-state index in [1.807, 2.05) is 6.08 Å². The maximum Gasteiger partial charge on any atom is 0.222 e. The van der Waals surface area contributed by atoms with Crippen molar-refractivity contribution in [1.82, 2.24) is 5.32 Å². The topological polar surface area (TPSA) is 89.8 Å². The maximum atomic E-state index is 12.2. The highest BCUT2D eigenvalue weighted by Gasteiger charge is 2.19. The summed E-state index contributed by atoms with van der Waals surface area (Å²) in [5, 5.41) is 32.7. The molecule has 5 nitrogen and oxygen atoms in total. The van der Waals surface area contributed by atoms with Gasteiger partial charge in [-0.05, 0) is 57.8 Å². The van der Waals surface area contributed by atoms with Crippen LogP contribution in [0.4, 0.5) is 0 Å². The molecule has 3 unspecified atom stereocenters. The van der Waals surface area contributed by atoms with Crippen molar-refractivity contribution < 1.29 is 20.1 Å². The molecule has 0 saturated carbocycles. The van der Waals surface area contributed by atoms with E-state index >= 15 is 0 Å². The van der Waals surface area contributed by atoms with E-state index in [0.717, 1.165) is 57.8 Å². The lowest BCUT2D eigenvalue weighted by atomic mass is 10.1. The number of nitrogens with one attached hydrogen (secondary N) is 1. The van der Waals surface area contributed by atoms with E-state index in [9.17, 15) is 20.1 Å². The fourth-order valence-corrected chi connectivity index (χ4v) is 3.75. The molecule has 36 heavy (non-hydrogen) atoms. The molecule has 0 aliphatic rings. The third-order valence-electron chi connectivity index (χ3n) is 6.07. The molecule has 0 aromatic rings. The predicted octanol–water partition coefficient (Wildman–Crippen LogP) is 6.69. The monoisotopic (exact) mass is 505 g/mol. The van der Waals surface area contributed by atoms with Gasteiger partial charge in [0.25, 0.3) is 0 Å². The zero-order chi connectivity index (χ0) is 26.7. The van der Waals surface area contributed by atoms with Gasteiger partial charge >= 0.3 is 0 Å². The van der Waals surface area contributed by atoms with Gasteiger partial charge in [-0.3, -0.25) is 4.79 Å². The Morgan fingerprint density at radius 1 is 0.694 bits per heavy atom. The number of allylic oxidation sites excluding steroid dienone is 7. The Balaban J connectivity index is 3.98. The number of carbonyl (C=O) groups excluding carboxylic acids is 1. The number of aliphatic hydroxyl groups excluding tert-OH is 3. The number of amides is 1. The first kappa shape index (κ1) is 34.3. The minimum Gasteiger partial charge on any atom is -0.394 e. The van der Waals surface area contributed by atoms with Gasteiger partial charge in [0, 0.05) is 0 Å².